The number of benzene rings is 2. The van der Waals surface area contributed by atoms with E-state index in [1.54, 1.807) is 0 Å². The molecule has 21 heavy (non-hydrogen) atoms. The van der Waals surface area contributed by atoms with Gasteiger partial charge in [0.25, 0.3) is 10.0 Å². The summed E-state index contributed by atoms with van der Waals surface area (Å²) in [4.78, 5) is -0.133. The van der Waals surface area contributed by atoms with E-state index in [9.17, 15) is 13.5 Å². The van der Waals surface area contributed by atoms with E-state index >= 15 is 0 Å². The van der Waals surface area contributed by atoms with Gasteiger partial charge in [-0.25, -0.2) is 8.42 Å². The predicted octanol–water partition coefficient (Wildman–Crippen LogP) is 3.37. The highest BCUT2D eigenvalue weighted by molar-refractivity contribution is 7.92. The molecule has 0 unspecified atom stereocenters. The first-order valence-corrected chi connectivity index (χ1v) is 7.79. The lowest BCUT2D eigenvalue weighted by molar-refractivity contribution is 0.478. The molecule has 8 heteroatoms. The summed E-state index contributed by atoms with van der Waals surface area (Å²) in [6, 6.07) is 9.82. The highest BCUT2D eigenvalue weighted by atomic mass is 35.5. The lowest BCUT2D eigenvalue weighted by Crippen LogP contribution is -2.13. The number of anilines is 1. The maximum atomic E-state index is 12.2. The molecule has 0 atom stereocenters. The second kappa shape index (κ2) is 5.82. The second-order valence-corrected chi connectivity index (χ2v) is 6.49. The van der Waals surface area contributed by atoms with Crippen LogP contribution >= 0.6 is 23.2 Å². The van der Waals surface area contributed by atoms with Crippen molar-refractivity contribution < 1.29 is 13.5 Å². The molecule has 5 nitrogen and oxygen atoms in total. The first-order valence-electron chi connectivity index (χ1n) is 5.55. The van der Waals surface area contributed by atoms with Crippen molar-refractivity contribution in [3.8, 4) is 11.8 Å². The summed E-state index contributed by atoms with van der Waals surface area (Å²) < 4.78 is 26.6. The molecule has 0 saturated heterocycles. The van der Waals surface area contributed by atoms with Crippen molar-refractivity contribution >= 4 is 38.9 Å². The second-order valence-electron chi connectivity index (χ2n) is 3.99. The van der Waals surface area contributed by atoms with Crippen molar-refractivity contribution in [2.24, 2.45) is 0 Å². The normalized spacial score (nSPS) is 10.9. The maximum Gasteiger partial charge on any atom is 0.262 e. The molecule has 108 valence electrons. The van der Waals surface area contributed by atoms with Gasteiger partial charge in [-0.15, -0.1) is 0 Å². The minimum Gasteiger partial charge on any atom is -0.504 e. The minimum absolute atomic E-state index is 0.0214. The Hall–Kier alpha value is -1.94. The van der Waals surface area contributed by atoms with Crippen molar-refractivity contribution in [1.82, 2.24) is 0 Å². The Kier molecular flexibility index (Phi) is 4.28. The number of hydrogen-bond acceptors (Lipinski definition) is 4. The highest BCUT2D eigenvalue weighted by Crippen LogP contribution is 2.33. The number of hydrogen-bond donors (Lipinski definition) is 2. The molecule has 0 aliphatic rings. The Morgan fingerprint density at radius 1 is 1.14 bits per heavy atom. The van der Waals surface area contributed by atoms with Crippen LogP contribution in [0.5, 0.6) is 5.75 Å². The third kappa shape index (κ3) is 3.22. The van der Waals surface area contributed by atoms with Crippen molar-refractivity contribution in [1.29, 1.82) is 5.26 Å². The lowest BCUT2D eigenvalue weighted by atomic mass is 10.2. The topological polar surface area (TPSA) is 90.2 Å². The standard InChI is InChI=1S/C13H8Cl2N2O3S/c14-10-2-1-3-12(13(10)18)17-21(19,20)9-5-4-8(7-16)11(15)6-9/h1-6,17-18H. The summed E-state index contributed by atoms with van der Waals surface area (Å²) in [5.74, 6) is -0.373. The summed E-state index contributed by atoms with van der Waals surface area (Å²) in [6.45, 7) is 0. The van der Waals surface area contributed by atoms with Crippen LogP contribution in [-0.4, -0.2) is 13.5 Å². The number of sulfonamides is 1. The van der Waals surface area contributed by atoms with E-state index in [1.165, 1.54) is 30.3 Å². The Labute approximate surface area is 131 Å². The van der Waals surface area contributed by atoms with E-state index in [1.807, 2.05) is 6.07 Å². The minimum atomic E-state index is -3.96. The molecule has 2 rings (SSSR count). The quantitative estimate of drug-likeness (QED) is 0.836. The molecule has 0 amide bonds. The Morgan fingerprint density at radius 2 is 1.86 bits per heavy atom. The molecule has 2 N–H and O–H groups in total. The van der Waals surface area contributed by atoms with E-state index in [4.69, 9.17) is 28.5 Å². The van der Waals surface area contributed by atoms with Gasteiger partial charge in [-0.05, 0) is 30.3 Å². The molecule has 2 aromatic rings. The van der Waals surface area contributed by atoms with Crippen LogP contribution in [0.2, 0.25) is 10.0 Å². The zero-order chi connectivity index (χ0) is 15.6. The van der Waals surface area contributed by atoms with Crippen LogP contribution in [0.4, 0.5) is 5.69 Å². The smallest absolute Gasteiger partial charge is 0.262 e. The Bertz CT molecular complexity index is 845. The van der Waals surface area contributed by atoms with Crippen LogP contribution in [0.1, 0.15) is 5.56 Å². The van der Waals surface area contributed by atoms with E-state index < -0.39 is 10.0 Å². The van der Waals surface area contributed by atoms with Gasteiger partial charge >= 0.3 is 0 Å². The SMILES string of the molecule is N#Cc1ccc(S(=O)(=O)Nc2cccc(Cl)c2O)cc1Cl. The number of rotatable bonds is 3. The molecule has 0 radical (unpaired) electrons. The van der Waals surface area contributed by atoms with Crippen LogP contribution in [0.15, 0.2) is 41.3 Å². The van der Waals surface area contributed by atoms with E-state index in [-0.39, 0.29) is 31.9 Å². The Morgan fingerprint density at radius 3 is 2.48 bits per heavy atom. The van der Waals surface area contributed by atoms with Crippen LogP contribution < -0.4 is 4.72 Å². The average molecular weight is 343 g/mol. The van der Waals surface area contributed by atoms with Gasteiger partial charge in [-0.3, -0.25) is 4.72 Å². The highest BCUT2D eigenvalue weighted by Gasteiger charge is 2.18. The summed E-state index contributed by atoms with van der Waals surface area (Å²) in [7, 11) is -3.96. The van der Waals surface area contributed by atoms with Gasteiger partial charge in [0, 0.05) is 0 Å². The summed E-state index contributed by atoms with van der Waals surface area (Å²) >= 11 is 11.5. The number of aromatic hydroxyl groups is 1. The predicted molar refractivity (Wildman–Crippen MR) is 80.1 cm³/mol. The Balaban J connectivity index is 2.41. The van der Waals surface area contributed by atoms with Crippen LogP contribution in [-0.2, 0) is 10.0 Å². The number of phenolic OH excluding ortho intramolecular Hbond substituents is 1. The molecular formula is C13H8Cl2N2O3S. The molecule has 2 aromatic carbocycles. The summed E-state index contributed by atoms with van der Waals surface area (Å²) in [6.07, 6.45) is 0. The van der Waals surface area contributed by atoms with Gasteiger partial charge in [0.2, 0.25) is 0 Å². The van der Waals surface area contributed by atoms with Crippen LogP contribution in [0, 0.1) is 11.3 Å². The fourth-order valence-corrected chi connectivity index (χ4v) is 3.11. The van der Waals surface area contributed by atoms with Crippen molar-refractivity contribution in [2.75, 3.05) is 4.72 Å². The zero-order valence-electron chi connectivity index (χ0n) is 10.3. The van der Waals surface area contributed by atoms with Gasteiger partial charge in [0.05, 0.1) is 26.2 Å². The van der Waals surface area contributed by atoms with Gasteiger partial charge in [-0.2, -0.15) is 5.26 Å². The zero-order valence-corrected chi connectivity index (χ0v) is 12.7. The van der Waals surface area contributed by atoms with Crippen molar-refractivity contribution in [3.05, 3.63) is 52.0 Å². The van der Waals surface area contributed by atoms with Gasteiger partial charge in [-0.1, -0.05) is 29.3 Å². The largest absolute Gasteiger partial charge is 0.504 e. The molecular weight excluding hydrogens is 335 g/mol. The number of nitrogens with zero attached hydrogens (tertiary/aromatic N) is 1. The number of nitriles is 1. The average Bonchev–Trinajstić information content (AvgIpc) is 2.43. The van der Waals surface area contributed by atoms with Gasteiger partial charge in [0.15, 0.2) is 5.75 Å². The number of phenols is 1. The third-order valence-corrected chi connectivity index (χ3v) is 4.58. The summed E-state index contributed by atoms with van der Waals surface area (Å²) in [5, 5.41) is 18.5. The molecule has 0 bridgehead atoms. The first kappa shape index (κ1) is 15.4. The molecule has 0 aliphatic carbocycles. The van der Waals surface area contributed by atoms with Gasteiger partial charge in [0.1, 0.15) is 6.07 Å². The molecule has 0 heterocycles. The molecule has 0 spiro atoms. The third-order valence-electron chi connectivity index (χ3n) is 2.60. The van der Waals surface area contributed by atoms with E-state index in [0.717, 1.165) is 6.07 Å². The number of nitrogens with one attached hydrogen (secondary N) is 1. The van der Waals surface area contributed by atoms with Gasteiger partial charge < -0.3 is 5.11 Å². The summed E-state index contributed by atoms with van der Waals surface area (Å²) in [5.41, 5.74) is 0.115. The number of halogens is 2. The molecule has 0 fully saturated rings. The van der Waals surface area contributed by atoms with Crippen molar-refractivity contribution in [2.45, 2.75) is 4.90 Å². The van der Waals surface area contributed by atoms with Crippen LogP contribution in [0.25, 0.3) is 0 Å². The van der Waals surface area contributed by atoms with Crippen LogP contribution in [0.3, 0.4) is 0 Å². The van der Waals surface area contributed by atoms with E-state index in [0.29, 0.717) is 0 Å². The van der Waals surface area contributed by atoms with Crippen molar-refractivity contribution in [3.63, 3.8) is 0 Å². The number of para-hydroxylation sites is 1. The molecule has 0 saturated carbocycles. The monoisotopic (exact) mass is 342 g/mol. The lowest BCUT2D eigenvalue weighted by Gasteiger charge is -2.10. The fraction of sp³-hybridized carbons (Fsp3) is 0. The first-order chi connectivity index (χ1) is 9.85. The molecule has 0 aromatic heterocycles. The van der Waals surface area contributed by atoms with E-state index in [2.05, 4.69) is 4.72 Å². The fourth-order valence-electron chi connectivity index (χ4n) is 1.56. The molecule has 0 aliphatic heterocycles. The maximum absolute atomic E-state index is 12.2.